The van der Waals surface area contributed by atoms with E-state index in [4.69, 9.17) is 9.47 Å². The Morgan fingerprint density at radius 1 is 1.22 bits per heavy atom. The van der Waals surface area contributed by atoms with Crippen LogP contribution in [0.4, 0.5) is 0 Å². The first-order chi connectivity index (χ1) is 10.9. The fourth-order valence-corrected chi connectivity index (χ4v) is 4.84. The summed E-state index contributed by atoms with van der Waals surface area (Å²) in [5.41, 5.74) is 0.474. The fourth-order valence-electron chi connectivity index (χ4n) is 4.84. The van der Waals surface area contributed by atoms with Gasteiger partial charge in [-0.3, -0.25) is 4.79 Å². The van der Waals surface area contributed by atoms with Gasteiger partial charge in [-0.15, -0.1) is 0 Å². The maximum Gasteiger partial charge on any atom is 0.264 e. The summed E-state index contributed by atoms with van der Waals surface area (Å²) >= 11 is 0. The molecule has 0 radical (unpaired) electrons. The third-order valence-electron chi connectivity index (χ3n) is 6.91. The van der Waals surface area contributed by atoms with E-state index < -0.39 is 6.10 Å². The first kappa shape index (κ1) is 14.9. The number of ether oxygens (including phenoxy) is 2. The van der Waals surface area contributed by atoms with Crippen molar-refractivity contribution in [2.75, 3.05) is 6.61 Å². The van der Waals surface area contributed by atoms with Gasteiger partial charge in [0.05, 0.1) is 0 Å². The predicted molar refractivity (Wildman–Crippen MR) is 87.5 cm³/mol. The van der Waals surface area contributed by atoms with E-state index in [1.165, 1.54) is 12.8 Å². The van der Waals surface area contributed by atoms with Gasteiger partial charge in [0.2, 0.25) is 6.10 Å². The lowest BCUT2D eigenvalue weighted by Crippen LogP contribution is -2.52. The first-order valence-electron chi connectivity index (χ1n) is 8.61. The van der Waals surface area contributed by atoms with Crippen molar-refractivity contribution in [2.45, 2.75) is 52.2 Å². The van der Waals surface area contributed by atoms with Crippen LogP contribution >= 0.6 is 0 Å². The normalized spacial score (nSPS) is 36.7. The molecule has 4 rings (SSSR count). The van der Waals surface area contributed by atoms with Crippen molar-refractivity contribution in [1.29, 1.82) is 0 Å². The van der Waals surface area contributed by atoms with Crippen LogP contribution in [0.25, 0.3) is 0 Å². The van der Waals surface area contributed by atoms with Crippen molar-refractivity contribution in [3.63, 3.8) is 0 Å². The number of carbonyl (C=O) groups is 1. The summed E-state index contributed by atoms with van der Waals surface area (Å²) in [6, 6.07) is 7.74. The van der Waals surface area contributed by atoms with Crippen LogP contribution in [0.3, 0.4) is 0 Å². The van der Waals surface area contributed by atoms with Gasteiger partial charge in [-0.25, -0.2) is 0 Å². The third kappa shape index (κ3) is 2.07. The number of nitrogens with one attached hydrogen (secondary N) is 1. The van der Waals surface area contributed by atoms with E-state index in [2.05, 4.69) is 26.1 Å². The van der Waals surface area contributed by atoms with E-state index in [0.29, 0.717) is 22.8 Å². The van der Waals surface area contributed by atoms with Gasteiger partial charge in [0, 0.05) is 6.04 Å². The Kier molecular flexibility index (Phi) is 3.16. The van der Waals surface area contributed by atoms with E-state index in [1.54, 1.807) is 0 Å². The molecule has 4 heteroatoms. The lowest BCUT2D eigenvalue weighted by atomic mass is 9.69. The number of rotatable bonds is 2. The van der Waals surface area contributed by atoms with Crippen LogP contribution in [-0.4, -0.2) is 24.7 Å². The summed E-state index contributed by atoms with van der Waals surface area (Å²) in [6.07, 6.45) is 3.00. The van der Waals surface area contributed by atoms with Crippen LogP contribution in [0.1, 0.15) is 40.0 Å². The van der Waals surface area contributed by atoms with Crippen molar-refractivity contribution < 1.29 is 14.3 Å². The maximum atomic E-state index is 12.7. The molecule has 0 aromatic heterocycles. The summed E-state index contributed by atoms with van der Waals surface area (Å²) in [5, 5.41) is 3.26. The Hall–Kier alpha value is -1.71. The molecule has 0 unspecified atom stereocenters. The predicted octanol–water partition coefficient (Wildman–Crippen LogP) is 3.16. The molecule has 2 saturated carbocycles. The lowest BCUT2D eigenvalue weighted by Gasteiger charge is -2.40. The Balaban J connectivity index is 1.46. The molecule has 1 N–H and O–H groups in total. The Morgan fingerprint density at radius 3 is 2.61 bits per heavy atom. The Bertz CT molecular complexity index is 641. The molecular formula is C19H25NO3. The highest BCUT2D eigenvalue weighted by molar-refractivity contribution is 5.82. The quantitative estimate of drug-likeness (QED) is 0.912. The Morgan fingerprint density at radius 2 is 1.96 bits per heavy atom. The van der Waals surface area contributed by atoms with E-state index in [0.717, 1.165) is 6.42 Å². The zero-order valence-electron chi connectivity index (χ0n) is 14.1. The monoisotopic (exact) mass is 315 g/mol. The molecule has 3 aliphatic rings. The topological polar surface area (TPSA) is 47.6 Å². The standard InChI is InChI=1S/C19H25NO3/c1-18(2)12-8-9-19(18,3)16(10-12)20-17(21)15-11-22-13-6-4-5-7-14(13)23-15/h4-7,12,15-16H,8-11H2,1-3H3,(H,20,21)/t12-,15+,16+,19-/m1/s1. The second-order valence-electron chi connectivity index (χ2n) is 8.04. The van der Waals surface area contributed by atoms with Crippen LogP contribution < -0.4 is 14.8 Å². The molecular weight excluding hydrogens is 290 g/mol. The van der Waals surface area contributed by atoms with Gasteiger partial charge >= 0.3 is 0 Å². The number of carbonyl (C=O) groups excluding carboxylic acids is 1. The first-order valence-corrected chi connectivity index (χ1v) is 8.61. The average Bonchev–Trinajstić information content (AvgIpc) is 2.87. The molecule has 1 aromatic carbocycles. The van der Waals surface area contributed by atoms with E-state index in [1.807, 2.05) is 24.3 Å². The largest absolute Gasteiger partial charge is 0.485 e. The minimum absolute atomic E-state index is 0.0471. The second-order valence-corrected chi connectivity index (χ2v) is 8.04. The van der Waals surface area contributed by atoms with Crippen molar-refractivity contribution in [3.05, 3.63) is 24.3 Å². The minimum atomic E-state index is -0.560. The number of hydrogen-bond acceptors (Lipinski definition) is 3. The second kappa shape index (κ2) is 4.89. The van der Waals surface area contributed by atoms with Gasteiger partial charge in [-0.1, -0.05) is 32.9 Å². The number of fused-ring (bicyclic) bond motifs is 3. The smallest absolute Gasteiger partial charge is 0.264 e. The van der Waals surface area contributed by atoms with Crippen molar-refractivity contribution in [3.8, 4) is 11.5 Å². The fraction of sp³-hybridized carbons (Fsp3) is 0.632. The highest BCUT2D eigenvalue weighted by Crippen LogP contribution is 2.65. The molecule has 1 aliphatic heterocycles. The number of amides is 1. The number of benzene rings is 1. The maximum absolute atomic E-state index is 12.7. The lowest BCUT2D eigenvalue weighted by molar-refractivity contribution is -0.132. The summed E-state index contributed by atoms with van der Waals surface area (Å²) in [7, 11) is 0. The Labute approximate surface area is 137 Å². The highest BCUT2D eigenvalue weighted by atomic mass is 16.6. The molecule has 2 bridgehead atoms. The summed E-state index contributed by atoms with van der Waals surface area (Å²) in [4.78, 5) is 12.7. The third-order valence-corrected chi connectivity index (χ3v) is 6.91. The molecule has 2 fully saturated rings. The average molecular weight is 315 g/mol. The van der Waals surface area contributed by atoms with Gasteiger partial charge in [0.15, 0.2) is 11.5 Å². The van der Waals surface area contributed by atoms with Crippen LogP contribution in [0, 0.1) is 16.7 Å². The van der Waals surface area contributed by atoms with Crippen LogP contribution in [0.5, 0.6) is 11.5 Å². The molecule has 1 heterocycles. The van der Waals surface area contributed by atoms with Crippen LogP contribution in [0.15, 0.2) is 24.3 Å². The van der Waals surface area contributed by atoms with E-state index in [9.17, 15) is 4.79 Å². The molecule has 124 valence electrons. The molecule has 1 aromatic rings. The van der Waals surface area contributed by atoms with Crippen LogP contribution in [0.2, 0.25) is 0 Å². The van der Waals surface area contributed by atoms with Gasteiger partial charge in [-0.2, -0.15) is 0 Å². The molecule has 0 saturated heterocycles. The van der Waals surface area contributed by atoms with Crippen molar-refractivity contribution in [1.82, 2.24) is 5.32 Å². The van der Waals surface area contributed by atoms with Gasteiger partial charge in [0.25, 0.3) is 5.91 Å². The zero-order valence-corrected chi connectivity index (χ0v) is 14.1. The molecule has 0 spiro atoms. The van der Waals surface area contributed by atoms with Gasteiger partial charge in [0.1, 0.15) is 6.61 Å². The van der Waals surface area contributed by atoms with E-state index in [-0.39, 0.29) is 24.0 Å². The van der Waals surface area contributed by atoms with E-state index >= 15 is 0 Å². The highest BCUT2D eigenvalue weighted by Gasteiger charge is 2.61. The van der Waals surface area contributed by atoms with Gasteiger partial charge < -0.3 is 14.8 Å². The molecule has 23 heavy (non-hydrogen) atoms. The molecule has 1 amide bonds. The SMILES string of the molecule is CC1(C)[C@@H]2CC[C@]1(C)[C@@H](NC(=O)[C@@H]1COc3ccccc3O1)C2. The molecule has 2 aliphatic carbocycles. The van der Waals surface area contributed by atoms with Crippen molar-refractivity contribution >= 4 is 5.91 Å². The van der Waals surface area contributed by atoms with Gasteiger partial charge in [-0.05, 0) is 48.1 Å². The number of para-hydroxylation sites is 2. The molecule has 4 nitrogen and oxygen atoms in total. The molecule has 4 atom stereocenters. The summed E-state index contributed by atoms with van der Waals surface area (Å²) in [5.74, 6) is 2.03. The minimum Gasteiger partial charge on any atom is -0.485 e. The summed E-state index contributed by atoms with van der Waals surface area (Å²) < 4.78 is 11.5. The zero-order chi connectivity index (χ0) is 16.2. The summed E-state index contributed by atoms with van der Waals surface area (Å²) in [6.45, 7) is 7.32. The number of hydrogen-bond donors (Lipinski definition) is 1. The van der Waals surface area contributed by atoms with Crippen LogP contribution in [-0.2, 0) is 4.79 Å². The van der Waals surface area contributed by atoms with Crippen molar-refractivity contribution in [2.24, 2.45) is 16.7 Å².